The molecule has 4 aliphatic rings. The number of anilines is 3. The summed E-state index contributed by atoms with van der Waals surface area (Å²) >= 11 is 0. The Bertz CT molecular complexity index is 1260. The van der Waals surface area contributed by atoms with Crippen LogP contribution in [0.15, 0.2) is 18.3 Å². The lowest BCUT2D eigenvalue weighted by Crippen LogP contribution is -2.52. The standard InChI is InChI=1S/C28H34N6O3/c1-4-5-25(35)33-9-7-21(17-33)34-15-20(16-34)22-14-23-27(18(2)30-22)37-19(3)26-24(6-8-29-28(26)31-23)32-10-12-36-13-11-32/h6,8,14,19-21H,7,9-13,15-17H2,1-3H3,(H,29,31)/t19-,21-/m0/s1. The number of rotatable bonds is 3. The van der Waals surface area contributed by atoms with Gasteiger partial charge in [0, 0.05) is 68.8 Å². The van der Waals surface area contributed by atoms with Gasteiger partial charge in [-0.3, -0.25) is 14.7 Å². The first-order valence-electron chi connectivity index (χ1n) is 13.2. The number of nitrogens with one attached hydrogen (secondary N) is 1. The number of carbonyl (C=O) groups excluding carboxylic acids is 1. The van der Waals surface area contributed by atoms with Gasteiger partial charge in [0.25, 0.3) is 5.91 Å². The van der Waals surface area contributed by atoms with Crippen LogP contribution < -0.4 is 15.0 Å². The van der Waals surface area contributed by atoms with E-state index >= 15 is 0 Å². The Hall–Kier alpha value is -3.35. The first-order chi connectivity index (χ1) is 18.0. The summed E-state index contributed by atoms with van der Waals surface area (Å²) < 4.78 is 12.1. The van der Waals surface area contributed by atoms with Crippen molar-refractivity contribution in [2.75, 3.05) is 62.7 Å². The lowest BCUT2D eigenvalue weighted by molar-refractivity contribution is -0.124. The van der Waals surface area contributed by atoms with Gasteiger partial charge in [0.2, 0.25) is 0 Å². The second kappa shape index (κ2) is 9.84. The summed E-state index contributed by atoms with van der Waals surface area (Å²) in [7, 11) is 0. The molecule has 2 aromatic rings. The number of nitrogens with zero attached hydrogens (tertiary/aromatic N) is 5. The average molecular weight is 503 g/mol. The van der Waals surface area contributed by atoms with Crippen molar-refractivity contribution in [3.05, 3.63) is 35.3 Å². The number of fused-ring (bicyclic) bond motifs is 2. The summed E-state index contributed by atoms with van der Waals surface area (Å²) in [5.74, 6) is 7.32. The number of morpholine rings is 1. The van der Waals surface area contributed by atoms with Crippen LogP contribution in [0.5, 0.6) is 5.75 Å². The van der Waals surface area contributed by atoms with Crippen LogP contribution in [0.2, 0.25) is 0 Å². The molecule has 0 aromatic carbocycles. The Labute approximate surface area is 218 Å². The molecule has 194 valence electrons. The van der Waals surface area contributed by atoms with Gasteiger partial charge in [-0.25, -0.2) is 4.98 Å². The second-order valence-corrected chi connectivity index (χ2v) is 10.3. The molecule has 0 aliphatic carbocycles. The number of amides is 1. The van der Waals surface area contributed by atoms with Gasteiger partial charge < -0.3 is 24.6 Å². The van der Waals surface area contributed by atoms with Crippen LogP contribution in [0.1, 0.15) is 49.2 Å². The third kappa shape index (κ3) is 4.49. The second-order valence-electron chi connectivity index (χ2n) is 10.3. The molecule has 0 unspecified atom stereocenters. The molecule has 3 fully saturated rings. The quantitative estimate of drug-likeness (QED) is 0.642. The highest BCUT2D eigenvalue weighted by atomic mass is 16.5. The van der Waals surface area contributed by atoms with Crippen molar-refractivity contribution in [1.82, 2.24) is 19.8 Å². The highest BCUT2D eigenvalue weighted by molar-refractivity contribution is 5.93. The zero-order chi connectivity index (χ0) is 25.5. The monoisotopic (exact) mass is 502 g/mol. The highest BCUT2D eigenvalue weighted by Gasteiger charge is 2.39. The predicted octanol–water partition coefficient (Wildman–Crippen LogP) is 2.84. The Morgan fingerprint density at radius 3 is 2.78 bits per heavy atom. The van der Waals surface area contributed by atoms with Crippen molar-refractivity contribution in [2.45, 2.75) is 45.3 Å². The molecule has 0 radical (unpaired) electrons. The number of ether oxygens (including phenoxy) is 2. The summed E-state index contributed by atoms with van der Waals surface area (Å²) in [4.78, 5) is 28.5. The van der Waals surface area contributed by atoms with E-state index in [2.05, 4.69) is 46.0 Å². The minimum absolute atomic E-state index is 0.0592. The Morgan fingerprint density at radius 1 is 1.19 bits per heavy atom. The third-order valence-corrected chi connectivity index (χ3v) is 7.96. The molecule has 0 spiro atoms. The molecule has 1 amide bonds. The van der Waals surface area contributed by atoms with Crippen LogP contribution in [-0.4, -0.2) is 84.2 Å². The fourth-order valence-corrected chi connectivity index (χ4v) is 5.95. The van der Waals surface area contributed by atoms with Crippen molar-refractivity contribution >= 4 is 23.1 Å². The third-order valence-electron chi connectivity index (χ3n) is 7.96. The predicted molar refractivity (Wildman–Crippen MR) is 141 cm³/mol. The molecule has 1 N–H and O–H groups in total. The smallest absolute Gasteiger partial charge is 0.298 e. The summed E-state index contributed by atoms with van der Waals surface area (Å²) in [6.07, 6.45) is 2.71. The van der Waals surface area contributed by atoms with E-state index in [1.54, 1.807) is 6.92 Å². The van der Waals surface area contributed by atoms with Gasteiger partial charge in [0.05, 0.1) is 30.2 Å². The molecule has 2 aromatic heterocycles. The highest BCUT2D eigenvalue weighted by Crippen LogP contribution is 2.44. The minimum atomic E-state index is -0.161. The van der Waals surface area contributed by atoms with Crippen LogP contribution >= 0.6 is 0 Å². The molecule has 2 atom stereocenters. The average Bonchev–Trinajstić information content (AvgIpc) is 3.30. The molecule has 6 heterocycles. The lowest BCUT2D eigenvalue weighted by atomic mass is 9.92. The van der Waals surface area contributed by atoms with E-state index in [1.165, 1.54) is 0 Å². The van der Waals surface area contributed by atoms with Crippen LogP contribution in [-0.2, 0) is 9.53 Å². The first-order valence-corrected chi connectivity index (χ1v) is 13.2. The topological polar surface area (TPSA) is 83.1 Å². The molecule has 9 nitrogen and oxygen atoms in total. The first kappa shape index (κ1) is 24.0. The number of aromatic nitrogens is 2. The number of pyridine rings is 2. The van der Waals surface area contributed by atoms with Crippen LogP contribution in [0, 0.1) is 18.8 Å². The maximum atomic E-state index is 12.1. The van der Waals surface area contributed by atoms with Crippen molar-refractivity contribution in [2.24, 2.45) is 0 Å². The summed E-state index contributed by atoms with van der Waals surface area (Å²) in [6, 6.07) is 4.61. The van der Waals surface area contributed by atoms with E-state index in [1.807, 2.05) is 18.0 Å². The zero-order valence-corrected chi connectivity index (χ0v) is 21.8. The number of hydrogen-bond donors (Lipinski definition) is 1. The maximum Gasteiger partial charge on any atom is 0.298 e. The van der Waals surface area contributed by atoms with Crippen molar-refractivity contribution < 1.29 is 14.3 Å². The van der Waals surface area contributed by atoms with E-state index < -0.39 is 0 Å². The molecule has 6 rings (SSSR count). The molecular weight excluding hydrogens is 468 g/mol. The molecule has 9 heteroatoms. The summed E-state index contributed by atoms with van der Waals surface area (Å²) in [5.41, 5.74) is 5.11. The van der Waals surface area contributed by atoms with E-state index in [0.29, 0.717) is 12.0 Å². The van der Waals surface area contributed by atoms with E-state index in [0.717, 1.165) is 98.8 Å². The largest absolute Gasteiger partial charge is 0.482 e. The Morgan fingerprint density at radius 2 is 2.00 bits per heavy atom. The zero-order valence-electron chi connectivity index (χ0n) is 21.8. The van der Waals surface area contributed by atoms with Gasteiger partial charge >= 0.3 is 0 Å². The van der Waals surface area contributed by atoms with E-state index in [4.69, 9.17) is 19.4 Å². The number of likely N-dealkylation sites (tertiary alicyclic amines) is 2. The van der Waals surface area contributed by atoms with Gasteiger partial charge in [-0.2, -0.15) is 0 Å². The maximum absolute atomic E-state index is 12.1. The van der Waals surface area contributed by atoms with Gasteiger partial charge in [-0.15, -0.1) is 0 Å². The minimum Gasteiger partial charge on any atom is -0.482 e. The van der Waals surface area contributed by atoms with Crippen molar-refractivity contribution in [1.29, 1.82) is 0 Å². The molecular formula is C28H34N6O3. The Kier molecular flexibility index (Phi) is 6.39. The Balaban J connectivity index is 1.19. The normalized spacial score (nSPS) is 23.5. The fourth-order valence-electron chi connectivity index (χ4n) is 5.95. The molecule has 3 saturated heterocycles. The number of hydrogen-bond acceptors (Lipinski definition) is 8. The molecule has 0 saturated carbocycles. The van der Waals surface area contributed by atoms with Crippen molar-refractivity contribution in [3.8, 4) is 17.6 Å². The van der Waals surface area contributed by atoms with Crippen LogP contribution in [0.3, 0.4) is 0 Å². The van der Waals surface area contributed by atoms with E-state index in [9.17, 15) is 4.79 Å². The summed E-state index contributed by atoms with van der Waals surface area (Å²) in [5, 5.41) is 3.59. The fraction of sp³-hybridized carbons (Fsp3) is 0.536. The van der Waals surface area contributed by atoms with Gasteiger partial charge in [-0.1, -0.05) is 5.92 Å². The van der Waals surface area contributed by atoms with Gasteiger partial charge in [0.15, 0.2) is 5.75 Å². The number of carbonyl (C=O) groups is 1. The lowest BCUT2D eigenvalue weighted by Gasteiger charge is -2.43. The number of aryl methyl sites for hydroxylation is 1. The van der Waals surface area contributed by atoms with Gasteiger partial charge in [0.1, 0.15) is 11.9 Å². The van der Waals surface area contributed by atoms with Gasteiger partial charge in [-0.05, 0) is 45.2 Å². The molecule has 0 bridgehead atoms. The summed E-state index contributed by atoms with van der Waals surface area (Å²) in [6.45, 7) is 12.4. The van der Waals surface area contributed by atoms with Crippen LogP contribution in [0.25, 0.3) is 0 Å². The SMILES string of the molecule is CC#CC(=O)N1CC[C@H](N2CC(c3cc4c(c(C)n3)O[C@@H](C)c3c(N5CCOCC5)ccnc3N4)C2)C1. The van der Waals surface area contributed by atoms with Crippen molar-refractivity contribution in [3.63, 3.8) is 0 Å². The molecule has 4 aliphatic heterocycles. The van der Waals surface area contributed by atoms with E-state index in [-0.39, 0.29) is 12.0 Å². The van der Waals surface area contributed by atoms with Crippen LogP contribution in [0.4, 0.5) is 17.2 Å². The molecule has 37 heavy (non-hydrogen) atoms.